The van der Waals surface area contributed by atoms with E-state index in [0.717, 1.165) is 36.4 Å². The second-order valence-corrected chi connectivity index (χ2v) is 7.48. The minimum Gasteiger partial charge on any atom is -0.494 e. The highest BCUT2D eigenvalue weighted by molar-refractivity contribution is 7.92. The van der Waals surface area contributed by atoms with Gasteiger partial charge in [0.25, 0.3) is 10.0 Å². The van der Waals surface area contributed by atoms with Crippen molar-refractivity contribution >= 4 is 33.3 Å². The minimum atomic E-state index is -4.39. The van der Waals surface area contributed by atoms with Crippen molar-refractivity contribution in [2.75, 3.05) is 24.6 Å². The average molecular weight is 420 g/mol. The van der Waals surface area contributed by atoms with Crippen LogP contribution in [0.3, 0.4) is 0 Å². The van der Waals surface area contributed by atoms with E-state index in [0.29, 0.717) is 4.31 Å². The van der Waals surface area contributed by atoms with Gasteiger partial charge in [-0.25, -0.2) is 17.2 Å². The number of hydrogen-bond acceptors (Lipinski definition) is 5. The Hall–Kier alpha value is -2.39. The molecule has 0 heterocycles. The van der Waals surface area contributed by atoms with Crippen LogP contribution < -0.4 is 9.04 Å². The Balaban J connectivity index is 2.55. The Morgan fingerprint density at radius 3 is 2.41 bits per heavy atom. The highest BCUT2D eigenvalue weighted by Crippen LogP contribution is 2.29. The van der Waals surface area contributed by atoms with Crippen molar-refractivity contribution in [3.8, 4) is 5.75 Å². The first-order valence-corrected chi connectivity index (χ1v) is 9.49. The number of carbonyl (C=O) groups excluding carboxylic acids is 1. The smallest absolute Gasteiger partial charge is 0.326 e. The standard InChI is InChI=1S/C17H16ClF2NO5S/c1-3-26-17(22)10-21(11-4-6-14(19)13(18)8-11)27(23,24)12-5-7-16(25-2)15(20)9-12/h4-9H,3,10H2,1-2H3. The second kappa shape index (κ2) is 8.53. The number of hydrogen-bond donors (Lipinski definition) is 0. The van der Waals surface area contributed by atoms with Gasteiger partial charge >= 0.3 is 5.97 Å². The van der Waals surface area contributed by atoms with E-state index in [1.807, 2.05) is 0 Å². The number of nitrogens with zero attached hydrogens (tertiary/aromatic N) is 1. The van der Waals surface area contributed by atoms with Crippen molar-refractivity contribution in [1.82, 2.24) is 0 Å². The van der Waals surface area contributed by atoms with Gasteiger partial charge in [0, 0.05) is 0 Å². The molecule has 0 atom stereocenters. The number of rotatable bonds is 7. The van der Waals surface area contributed by atoms with Gasteiger partial charge in [-0.1, -0.05) is 11.6 Å². The predicted molar refractivity (Wildman–Crippen MR) is 95.5 cm³/mol. The predicted octanol–water partition coefficient (Wildman–Crippen LogP) is 3.39. The number of anilines is 1. The third-order valence-corrected chi connectivity index (χ3v) is 5.54. The Morgan fingerprint density at radius 1 is 1.15 bits per heavy atom. The minimum absolute atomic E-state index is 0.0358. The largest absolute Gasteiger partial charge is 0.494 e. The van der Waals surface area contributed by atoms with E-state index in [9.17, 15) is 22.0 Å². The van der Waals surface area contributed by atoms with Gasteiger partial charge in [-0.15, -0.1) is 0 Å². The molecule has 0 spiro atoms. The Morgan fingerprint density at radius 2 is 1.85 bits per heavy atom. The monoisotopic (exact) mass is 419 g/mol. The first-order valence-electron chi connectivity index (χ1n) is 7.67. The quantitative estimate of drug-likeness (QED) is 0.643. The molecule has 2 aromatic carbocycles. The maximum Gasteiger partial charge on any atom is 0.326 e. The SMILES string of the molecule is CCOC(=O)CN(c1ccc(F)c(Cl)c1)S(=O)(=O)c1ccc(OC)c(F)c1. The van der Waals surface area contributed by atoms with Crippen LogP contribution in [0, 0.1) is 11.6 Å². The lowest BCUT2D eigenvalue weighted by atomic mass is 10.3. The fraction of sp³-hybridized carbons (Fsp3) is 0.235. The summed E-state index contributed by atoms with van der Waals surface area (Å²) in [4.78, 5) is 11.5. The van der Waals surface area contributed by atoms with Crippen LogP contribution in [0.5, 0.6) is 5.75 Å². The lowest BCUT2D eigenvalue weighted by Gasteiger charge is -2.24. The normalized spacial score (nSPS) is 11.1. The molecule has 0 bridgehead atoms. The maximum atomic E-state index is 14.0. The van der Waals surface area contributed by atoms with Crippen molar-refractivity contribution in [3.05, 3.63) is 53.1 Å². The van der Waals surface area contributed by atoms with E-state index < -0.39 is 39.1 Å². The molecule has 2 aromatic rings. The Kier molecular flexibility index (Phi) is 6.61. The molecule has 6 nitrogen and oxygen atoms in total. The molecule has 0 unspecified atom stereocenters. The molecule has 0 aliphatic carbocycles. The Labute approximate surface area is 160 Å². The van der Waals surface area contributed by atoms with E-state index in [1.165, 1.54) is 7.11 Å². The fourth-order valence-electron chi connectivity index (χ4n) is 2.21. The van der Waals surface area contributed by atoms with Gasteiger partial charge < -0.3 is 9.47 Å². The summed E-state index contributed by atoms with van der Waals surface area (Å²) in [6.07, 6.45) is 0. The number of carbonyl (C=O) groups is 1. The van der Waals surface area contributed by atoms with E-state index in [1.54, 1.807) is 6.92 Å². The second-order valence-electron chi connectivity index (χ2n) is 5.21. The number of halogens is 3. The van der Waals surface area contributed by atoms with Crippen molar-refractivity contribution < 1.29 is 31.5 Å². The van der Waals surface area contributed by atoms with E-state index in [2.05, 4.69) is 0 Å². The third kappa shape index (κ3) is 4.67. The summed E-state index contributed by atoms with van der Waals surface area (Å²) in [6, 6.07) is 6.17. The molecule has 0 saturated heterocycles. The van der Waals surface area contributed by atoms with Crippen LogP contribution in [0.1, 0.15) is 6.92 Å². The van der Waals surface area contributed by atoms with Gasteiger partial charge in [0.2, 0.25) is 0 Å². The van der Waals surface area contributed by atoms with E-state index in [4.69, 9.17) is 21.1 Å². The van der Waals surface area contributed by atoms with Crippen molar-refractivity contribution in [2.24, 2.45) is 0 Å². The van der Waals surface area contributed by atoms with Gasteiger partial charge in [0.15, 0.2) is 11.6 Å². The number of sulfonamides is 1. The molecule has 0 aromatic heterocycles. The summed E-state index contributed by atoms with van der Waals surface area (Å²) in [5.41, 5.74) is -0.0781. The van der Waals surface area contributed by atoms with Gasteiger partial charge in [0.05, 0.1) is 29.3 Å². The van der Waals surface area contributed by atoms with Crippen LogP contribution in [0.4, 0.5) is 14.5 Å². The molecule has 0 aliphatic rings. The van der Waals surface area contributed by atoms with Crippen molar-refractivity contribution in [1.29, 1.82) is 0 Å². The zero-order valence-corrected chi connectivity index (χ0v) is 16.0. The Bertz CT molecular complexity index is 952. The fourth-order valence-corrected chi connectivity index (χ4v) is 3.80. The van der Waals surface area contributed by atoms with Crippen LogP contribution in [0.25, 0.3) is 0 Å². The zero-order valence-electron chi connectivity index (χ0n) is 14.4. The molecule has 146 valence electrons. The third-order valence-electron chi connectivity index (χ3n) is 3.48. The number of esters is 1. The first kappa shape index (κ1) is 20.9. The van der Waals surface area contributed by atoms with Gasteiger partial charge in [-0.3, -0.25) is 9.10 Å². The molecule has 10 heteroatoms. The first-order chi connectivity index (χ1) is 12.7. The highest BCUT2D eigenvalue weighted by Gasteiger charge is 2.29. The van der Waals surface area contributed by atoms with E-state index >= 15 is 0 Å². The van der Waals surface area contributed by atoms with Crippen LogP contribution in [-0.4, -0.2) is 34.6 Å². The molecular formula is C17H16ClF2NO5S. The lowest BCUT2D eigenvalue weighted by molar-refractivity contribution is -0.141. The molecule has 2 rings (SSSR count). The van der Waals surface area contributed by atoms with Crippen molar-refractivity contribution in [3.63, 3.8) is 0 Å². The van der Waals surface area contributed by atoms with Crippen LogP contribution in [-0.2, 0) is 19.6 Å². The summed E-state index contributed by atoms with van der Waals surface area (Å²) in [7, 11) is -3.15. The summed E-state index contributed by atoms with van der Waals surface area (Å²) in [6.45, 7) is 0.893. The molecule has 27 heavy (non-hydrogen) atoms. The van der Waals surface area contributed by atoms with Gasteiger partial charge in [0.1, 0.15) is 12.4 Å². The molecule has 0 saturated carbocycles. The maximum absolute atomic E-state index is 14.0. The summed E-state index contributed by atoms with van der Waals surface area (Å²) < 4.78 is 63.6. The number of methoxy groups -OCH3 is 1. The number of ether oxygens (including phenoxy) is 2. The summed E-state index contributed by atoms with van der Waals surface area (Å²) >= 11 is 5.73. The molecule has 0 aliphatic heterocycles. The van der Waals surface area contributed by atoms with Crippen LogP contribution in [0.15, 0.2) is 41.3 Å². The summed E-state index contributed by atoms with van der Waals surface area (Å²) in [5, 5.41) is -0.336. The molecule has 0 fully saturated rings. The molecule has 0 N–H and O–H groups in total. The zero-order chi connectivity index (χ0) is 20.2. The van der Waals surface area contributed by atoms with E-state index in [-0.39, 0.29) is 23.1 Å². The lowest BCUT2D eigenvalue weighted by Crippen LogP contribution is -2.36. The average Bonchev–Trinajstić information content (AvgIpc) is 2.62. The van der Waals surface area contributed by atoms with Gasteiger partial charge in [-0.05, 0) is 43.3 Å². The van der Waals surface area contributed by atoms with Crippen LogP contribution >= 0.6 is 11.6 Å². The van der Waals surface area contributed by atoms with Crippen LogP contribution in [0.2, 0.25) is 5.02 Å². The summed E-state index contributed by atoms with van der Waals surface area (Å²) in [5.74, 6) is -2.64. The topological polar surface area (TPSA) is 72.9 Å². The van der Waals surface area contributed by atoms with Gasteiger partial charge in [-0.2, -0.15) is 0 Å². The number of benzene rings is 2. The molecule has 0 amide bonds. The molecule has 0 radical (unpaired) electrons. The highest BCUT2D eigenvalue weighted by atomic mass is 35.5. The molecular weight excluding hydrogens is 404 g/mol. The van der Waals surface area contributed by atoms with Crippen molar-refractivity contribution in [2.45, 2.75) is 11.8 Å².